The van der Waals surface area contributed by atoms with Gasteiger partial charge in [0.2, 0.25) is 0 Å². The molecule has 0 fully saturated rings. The van der Waals surface area contributed by atoms with E-state index < -0.39 is 11.6 Å². The van der Waals surface area contributed by atoms with Gasteiger partial charge in [-0.3, -0.25) is 0 Å². The van der Waals surface area contributed by atoms with Crippen LogP contribution >= 0.6 is 11.3 Å². The van der Waals surface area contributed by atoms with Crippen LogP contribution < -0.4 is 5.32 Å². The fraction of sp³-hybridized carbons (Fsp3) is 0.375. The number of halogens is 2. The van der Waals surface area contributed by atoms with Gasteiger partial charge in [-0.2, -0.15) is 0 Å². The molecule has 0 saturated heterocycles. The van der Waals surface area contributed by atoms with Gasteiger partial charge in [0, 0.05) is 10.9 Å². The van der Waals surface area contributed by atoms with E-state index in [1.807, 2.05) is 11.4 Å². The van der Waals surface area contributed by atoms with Crippen LogP contribution in [-0.2, 0) is 12.8 Å². The Labute approximate surface area is 122 Å². The Morgan fingerprint density at radius 3 is 2.70 bits per heavy atom. The van der Waals surface area contributed by atoms with Crippen LogP contribution in [0.4, 0.5) is 8.78 Å². The van der Waals surface area contributed by atoms with Gasteiger partial charge in [-0.05, 0) is 48.9 Å². The highest BCUT2D eigenvalue weighted by Crippen LogP contribution is 2.17. The van der Waals surface area contributed by atoms with Gasteiger partial charge < -0.3 is 5.32 Å². The van der Waals surface area contributed by atoms with Crippen LogP contribution in [-0.4, -0.2) is 12.6 Å². The Bertz CT molecular complexity index is 525. The molecule has 0 spiro atoms. The lowest BCUT2D eigenvalue weighted by Gasteiger charge is -2.18. The van der Waals surface area contributed by atoms with E-state index in [2.05, 4.69) is 18.3 Å². The Morgan fingerprint density at radius 2 is 2.00 bits per heavy atom. The second kappa shape index (κ2) is 7.50. The predicted octanol–water partition coefficient (Wildman–Crippen LogP) is 4.18. The molecule has 0 amide bonds. The topological polar surface area (TPSA) is 12.0 Å². The molecule has 1 aromatic heterocycles. The molecular formula is C16H19F2NS. The summed E-state index contributed by atoms with van der Waals surface area (Å²) in [4.78, 5) is 1.26. The zero-order chi connectivity index (χ0) is 14.4. The lowest BCUT2D eigenvalue weighted by molar-refractivity contribution is 0.469. The Kier molecular flexibility index (Phi) is 5.68. The molecule has 0 radical (unpaired) electrons. The van der Waals surface area contributed by atoms with E-state index in [0.29, 0.717) is 12.0 Å². The summed E-state index contributed by atoms with van der Waals surface area (Å²) in [7, 11) is 0. The molecule has 0 aliphatic carbocycles. The molecule has 2 rings (SSSR count). The molecule has 1 heterocycles. The molecule has 1 N–H and O–H groups in total. The van der Waals surface area contributed by atoms with Crippen LogP contribution in [0.2, 0.25) is 0 Å². The van der Waals surface area contributed by atoms with Gasteiger partial charge in [-0.25, -0.2) is 8.78 Å². The van der Waals surface area contributed by atoms with Gasteiger partial charge in [-0.15, -0.1) is 11.3 Å². The zero-order valence-corrected chi connectivity index (χ0v) is 12.4. The molecule has 20 heavy (non-hydrogen) atoms. The van der Waals surface area contributed by atoms with Crippen molar-refractivity contribution in [3.8, 4) is 0 Å². The Morgan fingerprint density at radius 1 is 1.15 bits per heavy atom. The summed E-state index contributed by atoms with van der Waals surface area (Å²) < 4.78 is 27.0. The summed E-state index contributed by atoms with van der Waals surface area (Å²) in [6, 6.07) is 8.60. The number of hydrogen-bond donors (Lipinski definition) is 1. The van der Waals surface area contributed by atoms with Crippen molar-refractivity contribution < 1.29 is 8.78 Å². The van der Waals surface area contributed by atoms with E-state index in [0.717, 1.165) is 25.5 Å². The lowest BCUT2D eigenvalue weighted by Crippen LogP contribution is -2.34. The monoisotopic (exact) mass is 295 g/mol. The van der Waals surface area contributed by atoms with Crippen molar-refractivity contribution >= 4 is 11.3 Å². The third kappa shape index (κ3) is 4.12. The van der Waals surface area contributed by atoms with Crippen LogP contribution in [0, 0.1) is 11.6 Å². The van der Waals surface area contributed by atoms with Gasteiger partial charge in [0.1, 0.15) is 0 Å². The second-order valence-corrected chi connectivity index (χ2v) is 5.88. The van der Waals surface area contributed by atoms with Crippen molar-refractivity contribution in [3.05, 3.63) is 57.8 Å². The van der Waals surface area contributed by atoms with Crippen molar-refractivity contribution in [3.63, 3.8) is 0 Å². The van der Waals surface area contributed by atoms with Crippen molar-refractivity contribution in [2.45, 2.75) is 32.2 Å². The third-order valence-corrected chi connectivity index (χ3v) is 4.11. The Balaban J connectivity index is 2.08. The van der Waals surface area contributed by atoms with Crippen LogP contribution in [0.5, 0.6) is 0 Å². The minimum absolute atomic E-state index is 0.130. The summed E-state index contributed by atoms with van der Waals surface area (Å²) in [5.41, 5.74) is 0.440. The zero-order valence-electron chi connectivity index (χ0n) is 11.5. The number of benzene rings is 1. The van der Waals surface area contributed by atoms with E-state index in [-0.39, 0.29) is 6.04 Å². The highest BCUT2D eigenvalue weighted by Gasteiger charge is 2.15. The van der Waals surface area contributed by atoms with E-state index >= 15 is 0 Å². The maximum atomic E-state index is 13.8. The highest BCUT2D eigenvalue weighted by atomic mass is 32.1. The van der Waals surface area contributed by atoms with Crippen molar-refractivity contribution in [2.75, 3.05) is 6.54 Å². The summed E-state index contributed by atoms with van der Waals surface area (Å²) in [5.74, 6) is -1.49. The molecule has 4 heteroatoms. The quantitative estimate of drug-likeness (QED) is 0.808. The van der Waals surface area contributed by atoms with Gasteiger partial charge in [0.25, 0.3) is 0 Å². The standard InChI is InChI=1S/C16H19F2NS/c1-2-8-19-13(11-14-6-4-9-20-14)10-12-5-3-7-15(17)16(12)18/h3-7,9,13,19H,2,8,10-11H2,1H3. The van der Waals surface area contributed by atoms with Crippen LogP contribution in [0.1, 0.15) is 23.8 Å². The number of thiophene rings is 1. The first-order valence-electron chi connectivity index (χ1n) is 6.89. The largest absolute Gasteiger partial charge is 0.313 e. The number of nitrogens with one attached hydrogen (secondary N) is 1. The highest BCUT2D eigenvalue weighted by molar-refractivity contribution is 7.09. The third-order valence-electron chi connectivity index (χ3n) is 3.21. The van der Waals surface area contributed by atoms with Crippen molar-refractivity contribution in [1.82, 2.24) is 5.32 Å². The van der Waals surface area contributed by atoms with E-state index in [4.69, 9.17) is 0 Å². The van der Waals surface area contributed by atoms with Gasteiger partial charge in [-0.1, -0.05) is 25.1 Å². The first-order chi connectivity index (χ1) is 9.70. The maximum Gasteiger partial charge on any atom is 0.162 e. The van der Waals surface area contributed by atoms with E-state index in [1.165, 1.54) is 4.88 Å². The van der Waals surface area contributed by atoms with Gasteiger partial charge in [0.05, 0.1) is 0 Å². The van der Waals surface area contributed by atoms with Crippen molar-refractivity contribution in [2.24, 2.45) is 0 Å². The maximum absolute atomic E-state index is 13.8. The number of hydrogen-bond acceptors (Lipinski definition) is 2. The first-order valence-corrected chi connectivity index (χ1v) is 7.77. The Hall–Kier alpha value is -1.26. The second-order valence-electron chi connectivity index (χ2n) is 4.85. The molecule has 0 aliphatic heterocycles. The van der Waals surface area contributed by atoms with E-state index in [9.17, 15) is 8.78 Å². The SMILES string of the molecule is CCCNC(Cc1cccs1)Cc1cccc(F)c1F. The summed E-state index contributed by atoms with van der Waals surface area (Å²) in [5, 5.41) is 5.46. The fourth-order valence-corrected chi connectivity index (χ4v) is 2.99. The van der Waals surface area contributed by atoms with Crippen LogP contribution in [0.25, 0.3) is 0 Å². The molecule has 0 saturated carbocycles. The molecule has 2 aromatic rings. The first kappa shape index (κ1) is 15.1. The summed E-state index contributed by atoms with van der Waals surface area (Å²) in [6.45, 7) is 2.98. The fourth-order valence-electron chi connectivity index (χ4n) is 2.21. The normalized spacial score (nSPS) is 12.6. The number of rotatable bonds is 7. The van der Waals surface area contributed by atoms with Crippen LogP contribution in [0.3, 0.4) is 0 Å². The molecule has 1 atom stereocenters. The molecule has 1 aromatic carbocycles. The summed E-state index contributed by atoms with van der Waals surface area (Å²) in [6.07, 6.45) is 2.36. The molecular weight excluding hydrogens is 276 g/mol. The summed E-state index contributed by atoms with van der Waals surface area (Å²) >= 11 is 1.69. The average Bonchev–Trinajstić information content (AvgIpc) is 2.94. The molecule has 0 bridgehead atoms. The minimum atomic E-state index is -0.770. The molecule has 1 nitrogen and oxygen atoms in total. The molecule has 0 aliphatic rings. The average molecular weight is 295 g/mol. The smallest absolute Gasteiger partial charge is 0.162 e. The minimum Gasteiger partial charge on any atom is -0.313 e. The molecule has 108 valence electrons. The lowest BCUT2D eigenvalue weighted by atomic mass is 10.0. The van der Waals surface area contributed by atoms with E-state index in [1.54, 1.807) is 23.5 Å². The van der Waals surface area contributed by atoms with Gasteiger partial charge >= 0.3 is 0 Å². The van der Waals surface area contributed by atoms with Gasteiger partial charge in [0.15, 0.2) is 11.6 Å². The van der Waals surface area contributed by atoms with Crippen LogP contribution in [0.15, 0.2) is 35.7 Å². The molecule has 1 unspecified atom stereocenters. The predicted molar refractivity (Wildman–Crippen MR) is 80.2 cm³/mol. The van der Waals surface area contributed by atoms with Crippen molar-refractivity contribution in [1.29, 1.82) is 0 Å².